The number of likely N-dealkylation sites (tertiary alicyclic amines) is 1. The fraction of sp³-hybridized carbons (Fsp3) is 0.682. The number of carbonyl (C=O) groups excluding carboxylic acids is 3. The Morgan fingerprint density at radius 2 is 1.77 bits per heavy atom. The number of hydrogen-bond acceptors (Lipinski definition) is 5. The predicted octanol–water partition coefficient (Wildman–Crippen LogP) is 2.46. The van der Waals surface area contributed by atoms with Crippen molar-refractivity contribution in [2.45, 2.75) is 58.4 Å². The normalized spacial score (nSPS) is 19.7. The highest BCUT2D eigenvalue weighted by molar-refractivity contribution is 7.13. The number of hydrogen-bond donors (Lipinski definition) is 3. The number of quaternary nitrogens is 1. The summed E-state index contributed by atoms with van der Waals surface area (Å²) in [4.78, 5) is 38.3. The molecule has 166 valence electrons. The molecule has 30 heavy (non-hydrogen) atoms. The van der Waals surface area contributed by atoms with Gasteiger partial charge in [-0.1, -0.05) is 0 Å². The minimum absolute atomic E-state index is 0.113. The molecule has 3 N–H and O–H groups in total. The lowest BCUT2D eigenvalue weighted by molar-refractivity contribution is -0.912. The summed E-state index contributed by atoms with van der Waals surface area (Å²) in [6.07, 6.45) is 6.24. The van der Waals surface area contributed by atoms with Crippen LogP contribution in [0, 0.1) is 6.92 Å². The number of anilines is 1. The molecule has 2 fully saturated rings. The molecule has 0 unspecified atom stereocenters. The molecule has 7 nitrogen and oxygen atoms in total. The van der Waals surface area contributed by atoms with Gasteiger partial charge in [-0.25, -0.2) is 0 Å². The number of amides is 2. The van der Waals surface area contributed by atoms with Crippen LogP contribution in [-0.4, -0.2) is 67.4 Å². The molecule has 2 aliphatic heterocycles. The van der Waals surface area contributed by atoms with E-state index < -0.39 is 0 Å². The van der Waals surface area contributed by atoms with Crippen LogP contribution < -0.4 is 16.0 Å². The lowest BCUT2D eigenvalue weighted by Gasteiger charge is -2.36. The molecule has 0 aromatic carbocycles. The monoisotopic (exact) mass is 435 g/mol. The number of nitrogens with one attached hydrogen (secondary N) is 3. The first-order chi connectivity index (χ1) is 14.4. The van der Waals surface area contributed by atoms with E-state index in [1.165, 1.54) is 11.3 Å². The van der Waals surface area contributed by atoms with Crippen molar-refractivity contribution < 1.29 is 18.9 Å². The summed E-state index contributed by atoms with van der Waals surface area (Å²) < 4.78 is 0.529. The summed E-state index contributed by atoms with van der Waals surface area (Å²) in [5.74, 6) is -0.105. The van der Waals surface area contributed by atoms with Gasteiger partial charge in [0.05, 0.1) is 18.8 Å². The van der Waals surface area contributed by atoms with E-state index in [0.717, 1.165) is 70.3 Å². The summed E-state index contributed by atoms with van der Waals surface area (Å²) >= 11 is 1.37. The summed E-state index contributed by atoms with van der Waals surface area (Å²) in [5.41, 5.74) is 1.52. The van der Waals surface area contributed by atoms with Crippen LogP contribution in [0.4, 0.5) is 5.69 Å². The van der Waals surface area contributed by atoms with Crippen LogP contribution in [0.2, 0.25) is 0 Å². The molecule has 0 aliphatic carbocycles. The molecule has 1 aromatic rings. The Balaban J connectivity index is 1.68. The average molecular weight is 436 g/mol. The Labute approximate surface area is 183 Å². The Kier molecular flexibility index (Phi) is 8.02. The standard InChI is InChI=1S/C22H34N4O3S/c1-16-15-30-21(22(29)24-18-7-9-23-10-8-18)20(16)25-19(28)14-26(13-17(2)27)11-5-3-4-6-12-26/h15,18,23H,3-14H2,1-2H3,(H-,24,25,28,29)/p+1. The van der Waals surface area contributed by atoms with Crippen LogP contribution in [0.3, 0.4) is 0 Å². The summed E-state index contributed by atoms with van der Waals surface area (Å²) in [6, 6.07) is 0.172. The smallest absolute Gasteiger partial charge is 0.279 e. The van der Waals surface area contributed by atoms with E-state index in [9.17, 15) is 14.4 Å². The lowest BCUT2D eigenvalue weighted by atomic mass is 10.1. The van der Waals surface area contributed by atoms with Gasteiger partial charge in [-0.2, -0.15) is 0 Å². The van der Waals surface area contributed by atoms with Crippen molar-refractivity contribution in [1.82, 2.24) is 10.6 Å². The Morgan fingerprint density at radius 1 is 1.10 bits per heavy atom. The molecule has 3 heterocycles. The molecule has 1 aromatic heterocycles. The number of thiophene rings is 1. The highest BCUT2D eigenvalue weighted by atomic mass is 32.1. The first-order valence-electron chi connectivity index (χ1n) is 11.1. The predicted molar refractivity (Wildman–Crippen MR) is 120 cm³/mol. The van der Waals surface area contributed by atoms with E-state index in [0.29, 0.717) is 21.6 Å². The third-order valence-electron chi connectivity index (χ3n) is 6.17. The maximum Gasteiger partial charge on any atom is 0.279 e. The topological polar surface area (TPSA) is 87.3 Å². The maximum atomic E-state index is 13.0. The molecule has 2 saturated heterocycles. The van der Waals surface area contributed by atoms with Gasteiger partial charge >= 0.3 is 0 Å². The van der Waals surface area contributed by atoms with E-state index in [1.54, 1.807) is 6.92 Å². The van der Waals surface area contributed by atoms with Gasteiger partial charge in [-0.3, -0.25) is 14.4 Å². The molecule has 0 saturated carbocycles. The Hall–Kier alpha value is -1.77. The zero-order valence-electron chi connectivity index (χ0n) is 18.2. The van der Waals surface area contributed by atoms with E-state index in [-0.39, 0.29) is 30.2 Å². The fourth-order valence-corrected chi connectivity index (χ4v) is 5.58. The van der Waals surface area contributed by atoms with E-state index in [1.807, 2.05) is 12.3 Å². The molecule has 3 rings (SSSR count). The first-order valence-corrected chi connectivity index (χ1v) is 12.0. The average Bonchev–Trinajstić information content (AvgIpc) is 2.90. The highest BCUT2D eigenvalue weighted by Crippen LogP contribution is 2.28. The summed E-state index contributed by atoms with van der Waals surface area (Å²) in [5, 5.41) is 11.3. The van der Waals surface area contributed by atoms with Gasteiger partial charge in [-0.05, 0) is 69.5 Å². The van der Waals surface area contributed by atoms with Crippen LogP contribution in [0.5, 0.6) is 0 Å². The molecule has 2 aliphatic rings. The van der Waals surface area contributed by atoms with Crippen LogP contribution in [0.15, 0.2) is 5.38 Å². The van der Waals surface area contributed by atoms with Gasteiger partial charge in [0.25, 0.3) is 11.8 Å². The van der Waals surface area contributed by atoms with Crippen LogP contribution >= 0.6 is 11.3 Å². The van der Waals surface area contributed by atoms with Crippen molar-refractivity contribution in [2.75, 3.05) is 44.6 Å². The Morgan fingerprint density at radius 3 is 2.40 bits per heavy atom. The van der Waals surface area contributed by atoms with Crippen LogP contribution in [0.25, 0.3) is 0 Å². The molecule has 0 atom stereocenters. The number of Topliss-reactive ketones (excluding diaryl/α,β-unsaturated/α-hetero) is 1. The second kappa shape index (κ2) is 10.5. The number of piperidine rings is 1. The van der Waals surface area contributed by atoms with Gasteiger partial charge in [0, 0.05) is 13.0 Å². The largest absolute Gasteiger partial charge is 0.348 e. The number of ketones is 1. The molecule has 0 radical (unpaired) electrons. The molecular formula is C22H35N4O3S+. The van der Waals surface area contributed by atoms with Crippen LogP contribution in [-0.2, 0) is 9.59 Å². The quantitative estimate of drug-likeness (QED) is 0.574. The second-order valence-electron chi connectivity index (χ2n) is 8.89. The second-order valence-corrected chi connectivity index (χ2v) is 9.77. The zero-order valence-corrected chi connectivity index (χ0v) is 19.0. The number of aryl methyl sites for hydroxylation is 1. The highest BCUT2D eigenvalue weighted by Gasteiger charge is 2.33. The number of rotatable bonds is 7. The minimum Gasteiger partial charge on any atom is -0.348 e. The zero-order chi connectivity index (χ0) is 21.6. The van der Waals surface area contributed by atoms with Crippen molar-refractivity contribution in [3.63, 3.8) is 0 Å². The molecule has 2 amide bonds. The van der Waals surface area contributed by atoms with E-state index in [4.69, 9.17) is 0 Å². The van der Waals surface area contributed by atoms with Crippen molar-refractivity contribution in [1.29, 1.82) is 0 Å². The summed E-state index contributed by atoms with van der Waals surface area (Å²) in [7, 11) is 0. The van der Waals surface area contributed by atoms with Crippen LogP contribution in [0.1, 0.15) is 60.7 Å². The van der Waals surface area contributed by atoms with Gasteiger partial charge < -0.3 is 20.4 Å². The van der Waals surface area contributed by atoms with Crippen molar-refractivity contribution in [2.24, 2.45) is 0 Å². The number of carbonyl (C=O) groups is 3. The van der Waals surface area contributed by atoms with Gasteiger partial charge in [-0.15, -0.1) is 11.3 Å². The molecule has 0 bridgehead atoms. The third-order valence-corrected chi connectivity index (χ3v) is 7.27. The van der Waals surface area contributed by atoms with Crippen molar-refractivity contribution in [3.05, 3.63) is 15.8 Å². The van der Waals surface area contributed by atoms with E-state index >= 15 is 0 Å². The fourth-order valence-electron chi connectivity index (χ4n) is 4.67. The van der Waals surface area contributed by atoms with Crippen molar-refractivity contribution >= 4 is 34.6 Å². The van der Waals surface area contributed by atoms with Gasteiger partial charge in [0.15, 0.2) is 12.3 Å². The van der Waals surface area contributed by atoms with Gasteiger partial charge in [0.2, 0.25) is 0 Å². The summed E-state index contributed by atoms with van der Waals surface area (Å²) in [6.45, 7) is 7.75. The van der Waals surface area contributed by atoms with Crippen molar-refractivity contribution in [3.8, 4) is 0 Å². The molecule has 8 heteroatoms. The van der Waals surface area contributed by atoms with Gasteiger partial charge in [0.1, 0.15) is 11.4 Å². The molecule has 0 spiro atoms. The maximum absolute atomic E-state index is 13.0. The molecular weight excluding hydrogens is 400 g/mol. The SMILES string of the molecule is CC(=O)C[N+]1(CC(=O)Nc2c(C)csc2C(=O)NC2CCNCC2)CCCCCC1. The third kappa shape index (κ3) is 6.12. The number of nitrogens with zero attached hydrogens (tertiary/aromatic N) is 1. The minimum atomic E-state index is -0.115. The van der Waals surface area contributed by atoms with E-state index in [2.05, 4.69) is 16.0 Å². The first kappa shape index (κ1) is 22.9. The Bertz CT molecular complexity index is 762. The lowest BCUT2D eigenvalue weighted by Crippen LogP contribution is -2.55.